The number of hydrogen-bond acceptors (Lipinski definition) is 1. The van der Waals surface area contributed by atoms with E-state index in [-0.39, 0.29) is 0 Å². The lowest BCUT2D eigenvalue weighted by molar-refractivity contribution is 0.385. The van der Waals surface area contributed by atoms with Crippen LogP contribution in [0.5, 0.6) is 0 Å². The molecule has 0 saturated heterocycles. The maximum atomic E-state index is 7.17. The third-order valence-corrected chi connectivity index (χ3v) is 1.25. The molecule has 0 aromatic rings. The summed E-state index contributed by atoms with van der Waals surface area (Å²) < 4.78 is 0. The molecule has 0 saturated carbocycles. The van der Waals surface area contributed by atoms with Crippen molar-refractivity contribution in [2.75, 3.05) is 0 Å². The summed E-state index contributed by atoms with van der Waals surface area (Å²) in [5.41, 5.74) is 1.19. The van der Waals surface area contributed by atoms with Crippen molar-refractivity contribution in [3.63, 3.8) is 0 Å². The second-order valence-corrected chi connectivity index (χ2v) is 3.84. The SMILES string of the molecule is CC(=N)CCC(C)(C)C. The minimum atomic E-state index is 0.391. The van der Waals surface area contributed by atoms with E-state index in [9.17, 15) is 0 Å². The Kier molecular flexibility index (Phi) is 2.89. The van der Waals surface area contributed by atoms with Crippen molar-refractivity contribution in [1.82, 2.24) is 0 Å². The first-order valence-electron chi connectivity index (χ1n) is 3.46. The lowest BCUT2D eigenvalue weighted by Gasteiger charge is -2.16. The molecule has 1 nitrogen and oxygen atoms in total. The predicted octanol–water partition coefficient (Wildman–Crippen LogP) is 2.85. The van der Waals surface area contributed by atoms with Gasteiger partial charge in [0.15, 0.2) is 0 Å². The van der Waals surface area contributed by atoms with Gasteiger partial charge in [0.05, 0.1) is 0 Å². The molecule has 0 atom stereocenters. The van der Waals surface area contributed by atoms with Crippen LogP contribution < -0.4 is 0 Å². The molecule has 0 aliphatic rings. The summed E-state index contributed by atoms with van der Waals surface area (Å²) >= 11 is 0. The first-order chi connectivity index (χ1) is 3.92. The summed E-state index contributed by atoms with van der Waals surface area (Å²) in [4.78, 5) is 0. The zero-order valence-corrected chi connectivity index (χ0v) is 6.91. The maximum Gasteiger partial charge on any atom is 0.00584 e. The second kappa shape index (κ2) is 3.00. The van der Waals surface area contributed by atoms with Crippen molar-refractivity contribution < 1.29 is 0 Å². The van der Waals surface area contributed by atoms with E-state index < -0.39 is 0 Å². The van der Waals surface area contributed by atoms with E-state index in [2.05, 4.69) is 20.8 Å². The first kappa shape index (κ1) is 8.67. The monoisotopic (exact) mass is 127 g/mol. The molecule has 0 aliphatic carbocycles. The van der Waals surface area contributed by atoms with Crippen LogP contribution in [0, 0.1) is 10.8 Å². The topological polar surface area (TPSA) is 23.9 Å². The molecule has 0 spiro atoms. The van der Waals surface area contributed by atoms with Crippen LogP contribution in [0.1, 0.15) is 40.5 Å². The molecule has 0 amide bonds. The number of nitrogens with one attached hydrogen (secondary N) is 1. The van der Waals surface area contributed by atoms with E-state index in [4.69, 9.17) is 5.41 Å². The molecule has 1 heteroatoms. The van der Waals surface area contributed by atoms with E-state index in [1.165, 1.54) is 0 Å². The van der Waals surface area contributed by atoms with Crippen LogP contribution in [-0.2, 0) is 0 Å². The molecular weight excluding hydrogens is 110 g/mol. The normalized spacial score (nSPS) is 11.6. The van der Waals surface area contributed by atoms with Crippen LogP contribution in [0.4, 0.5) is 0 Å². The molecule has 0 bridgehead atoms. The van der Waals surface area contributed by atoms with Gasteiger partial charge in [0, 0.05) is 5.71 Å². The molecule has 0 radical (unpaired) electrons. The maximum absolute atomic E-state index is 7.17. The van der Waals surface area contributed by atoms with Gasteiger partial charge in [-0.05, 0) is 25.2 Å². The van der Waals surface area contributed by atoms with Gasteiger partial charge in [0.2, 0.25) is 0 Å². The summed E-state index contributed by atoms with van der Waals surface area (Å²) in [6.07, 6.45) is 2.08. The van der Waals surface area contributed by atoms with Gasteiger partial charge in [-0.3, -0.25) is 0 Å². The summed E-state index contributed by atoms with van der Waals surface area (Å²) in [5, 5.41) is 7.17. The van der Waals surface area contributed by atoms with Crippen molar-refractivity contribution in [2.45, 2.75) is 40.5 Å². The Balaban J connectivity index is 3.39. The van der Waals surface area contributed by atoms with E-state index in [1.54, 1.807) is 0 Å². The molecule has 0 unspecified atom stereocenters. The van der Waals surface area contributed by atoms with Gasteiger partial charge in [-0.2, -0.15) is 0 Å². The third-order valence-electron chi connectivity index (χ3n) is 1.25. The average molecular weight is 127 g/mol. The van der Waals surface area contributed by atoms with Crippen molar-refractivity contribution in [1.29, 1.82) is 5.41 Å². The second-order valence-electron chi connectivity index (χ2n) is 3.84. The van der Waals surface area contributed by atoms with Crippen LogP contribution >= 0.6 is 0 Å². The van der Waals surface area contributed by atoms with Gasteiger partial charge < -0.3 is 5.41 Å². The first-order valence-corrected chi connectivity index (χ1v) is 3.46. The Morgan fingerprint density at radius 2 is 1.78 bits per heavy atom. The fourth-order valence-corrected chi connectivity index (χ4v) is 0.562. The minimum absolute atomic E-state index is 0.391. The standard InChI is InChI=1S/C8H17N/c1-7(9)5-6-8(2,3)4/h9H,5-6H2,1-4H3. The number of rotatable bonds is 2. The van der Waals surface area contributed by atoms with E-state index in [1.807, 2.05) is 6.92 Å². The fourth-order valence-electron chi connectivity index (χ4n) is 0.562. The Hall–Kier alpha value is -0.330. The third kappa shape index (κ3) is 7.67. The molecular formula is C8H17N. The Labute approximate surface area is 58.0 Å². The largest absolute Gasteiger partial charge is 0.310 e. The highest BCUT2D eigenvalue weighted by molar-refractivity contribution is 5.78. The van der Waals surface area contributed by atoms with Crippen molar-refractivity contribution >= 4 is 5.71 Å². The minimum Gasteiger partial charge on any atom is -0.310 e. The Morgan fingerprint density at radius 3 is 1.89 bits per heavy atom. The average Bonchev–Trinajstić information content (AvgIpc) is 1.59. The molecule has 0 fully saturated rings. The molecule has 0 aromatic carbocycles. The molecule has 1 N–H and O–H groups in total. The summed E-state index contributed by atoms with van der Waals surface area (Å²) in [5.74, 6) is 0. The summed E-state index contributed by atoms with van der Waals surface area (Å²) in [6, 6.07) is 0. The highest BCUT2D eigenvalue weighted by atomic mass is 14.4. The van der Waals surface area contributed by atoms with Gasteiger partial charge in [-0.25, -0.2) is 0 Å². The van der Waals surface area contributed by atoms with E-state index in [0.717, 1.165) is 18.6 Å². The van der Waals surface area contributed by atoms with Crippen LogP contribution in [0.3, 0.4) is 0 Å². The fraction of sp³-hybridized carbons (Fsp3) is 0.875. The Morgan fingerprint density at radius 1 is 1.33 bits per heavy atom. The lowest BCUT2D eigenvalue weighted by atomic mass is 9.90. The van der Waals surface area contributed by atoms with Crippen LogP contribution in [-0.4, -0.2) is 5.71 Å². The molecule has 9 heavy (non-hydrogen) atoms. The summed E-state index contributed by atoms with van der Waals surface area (Å²) in [6.45, 7) is 8.48. The van der Waals surface area contributed by atoms with Gasteiger partial charge in [0.1, 0.15) is 0 Å². The highest BCUT2D eigenvalue weighted by Gasteiger charge is 2.08. The van der Waals surface area contributed by atoms with Gasteiger partial charge in [-0.1, -0.05) is 20.8 Å². The molecule has 0 rings (SSSR count). The van der Waals surface area contributed by atoms with Gasteiger partial charge >= 0.3 is 0 Å². The molecule has 0 heterocycles. The summed E-state index contributed by atoms with van der Waals surface area (Å²) in [7, 11) is 0. The Bertz CT molecular complexity index is 97.6. The quantitative estimate of drug-likeness (QED) is 0.551. The van der Waals surface area contributed by atoms with E-state index >= 15 is 0 Å². The van der Waals surface area contributed by atoms with Gasteiger partial charge in [0.25, 0.3) is 0 Å². The molecule has 54 valence electrons. The van der Waals surface area contributed by atoms with Crippen LogP contribution in [0.15, 0.2) is 0 Å². The van der Waals surface area contributed by atoms with Crippen molar-refractivity contribution in [3.8, 4) is 0 Å². The van der Waals surface area contributed by atoms with Crippen molar-refractivity contribution in [3.05, 3.63) is 0 Å². The zero-order chi connectivity index (χ0) is 7.49. The molecule has 0 aromatic heterocycles. The van der Waals surface area contributed by atoms with Crippen LogP contribution in [0.2, 0.25) is 0 Å². The van der Waals surface area contributed by atoms with E-state index in [0.29, 0.717) is 5.41 Å². The molecule has 0 aliphatic heterocycles. The highest BCUT2D eigenvalue weighted by Crippen LogP contribution is 2.20. The van der Waals surface area contributed by atoms with Gasteiger partial charge in [-0.15, -0.1) is 0 Å². The van der Waals surface area contributed by atoms with Crippen molar-refractivity contribution in [2.24, 2.45) is 5.41 Å². The van der Waals surface area contributed by atoms with Crippen LogP contribution in [0.25, 0.3) is 0 Å². The lowest BCUT2D eigenvalue weighted by Crippen LogP contribution is -2.06. The smallest absolute Gasteiger partial charge is 0.00584 e. The number of hydrogen-bond donors (Lipinski definition) is 1. The predicted molar refractivity (Wildman–Crippen MR) is 42.1 cm³/mol. The zero-order valence-electron chi connectivity index (χ0n) is 6.91.